The van der Waals surface area contributed by atoms with Crippen LogP contribution >= 0.6 is 0 Å². The highest BCUT2D eigenvalue weighted by Gasteiger charge is 2.34. The van der Waals surface area contributed by atoms with Gasteiger partial charge < -0.3 is 25.2 Å². The predicted molar refractivity (Wildman–Crippen MR) is 136 cm³/mol. The molecule has 1 aliphatic rings. The summed E-state index contributed by atoms with van der Waals surface area (Å²) in [5.41, 5.74) is 3.18. The number of rotatable bonds is 6. The van der Waals surface area contributed by atoms with Crippen LogP contribution in [0.2, 0.25) is 0 Å². The van der Waals surface area contributed by atoms with Crippen molar-refractivity contribution in [3.63, 3.8) is 0 Å². The maximum atomic E-state index is 13.5. The molecule has 1 aromatic heterocycles. The lowest BCUT2D eigenvalue weighted by Crippen LogP contribution is -2.31. The van der Waals surface area contributed by atoms with Gasteiger partial charge in [0.15, 0.2) is 17.3 Å². The summed E-state index contributed by atoms with van der Waals surface area (Å²) in [6, 6.07) is 20.8. The van der Waals surface area contributed by atoms with E-state index in [4.69, 9.17) is 19.6 Å². The van der Waals surface area contributed by atoms with Gasteiger partial charge in [-0.1, -0.05) is 30.3 Å². The number of amides is 1. The number of hydrogen-bond donors (Lipinski definition) is 3. The number of nitrogens with one attached hydrogen (secondary N) is 2. The fourth-order valence-electron chi connectivity index (χ4n) is 4.27. The molecule has 1 aliphatic heterocycles. The molecule has 182 valence electrons. The second kappa shape index (κ2) is 9.46. The summed E-state index contributed by atoms with van der Waals surface area (Å²) in [5.74, 6) is 1.88. The number of methoxy groups -OCH3 is 2. The molecule has 0 radical (unpaired) electrons. The highest BCUT2D eigenvalue weighted by Crippen LogP contribution is 2.38. The number of hydrogen-bond acceptors (Lipinski definition) is 7. The second-order valence-electron chi connectivity index (χ2n) is 8.25. The third kappa shape index (κ3) is 4.22. The maximum absolute atomic E-state index is 13.5. The van der Waals surface area contributed by atoms with E-state index in [0.717, 1.165) is 5.56 Å². The molecule has 0 saturated heterocycles. The van der Waals surface area contributed by atoms with Gasteiger partial charge >= 0.3 is 0 Å². The summed E-state index contributed by atoms with van der Waals surface area (Å²) in [5, 5.41) is 21.2. The Bertz CT molecular complexity index is 1460. The molecule has 1 amide bonds. The van der Waals surface area contributed by atoms with Crippen LogP contribution in [-0.4, -0.2) is 40.0 Å². The molecule has 2 heterocycles. The number of aromatic nitrogens is 3. The van der Waals surface area contributed by atoms with Gasteiger partial charge in [0, 0.05) is 16.9 Å². The number of phenolic OH excluding ortho intramolecular Hbond substituents is 1. The zero-order chi connectivity index (χ0) is 25.2. The Morgan fingerprint density at radius 1 is 1.00 bits per heavy atom. The zero-order valence-corrected chi connectivity index (χ0v) is 20.0. The van der Waals surface area contributed by atoms with E-state index in [1.165, 1.54) is 0 Å². The van der Waals surface area contributed by atoms with E-state index in [0.29, 0.717) is 45.8 Å². The van der Waals surface area contributed by atoms with E-state index in [9.17, 15) is 9.90 Å². The second-order valence-corrected chi connectivity index (χ2v) is 8.25. The van der Waals surface area contributed by atoms with Crippen LogP contribution in [0.3, 0.4) is 0 Å². The molecule has 4 aromatic rings. The number of phenols is 1. The van der Waals surface area contributed by atoms with Crippen LogP contribution < -0.4 is 20.1 Å². The van der Waals surface area contributed by atoms with Gasteiger partial charge in [0.25, 0.3) is 5.91 Å². The molecule has 1 unspecified atom stereocenters. The standard InChI is InChI=1S/C27H25N5O4/c1-16-23(26(34)29-19-9-5-4-6-10-19)24(17-8-7-11-20(33)14-17)32-27(28-16)30-25(31-32)18-12-13-21(35-2)22(15-18)36-3/h4-15,24,33H,1-3H3,(H,29,34)(H,28,30,31). The van der Waals surface area contributed by atoms with Gasteiger partial charge in [-0.2, -0.15) is 4.98 Å². The quantitative estimate of drug-likeness (QED) is 0.368. The molecular weight excluding hydrogens is 458 g/mol. The fourth-order valence-corrected chi connectivity index (χ4v) is 4.27. The number of aromatic hydroxyl groups is 1. The highest BCUT2D eigenvalue weighted by molar-refractivity contribution is 6.06. The number of para-hydroxylation sites is 1. The Labute approximate surface area is 208 Å². The molecule has 0 saturated carbocycles. The molecule has 0 bridgehead atoms. The molecule has 5 rings (SSSR count). The number of nitrogens with zero attached hydrogens (tertiary/aromatic N) is 3. The molecule has 1 atom stereocenters. The fraction of sp³-hybridized carbons (Fsp3) is 0.148. The summed E-state index contributed by atoms with van der Waals surface area (Å²) in [4.78, 5) is 18.2. The number of allylic oxidation sites excluding steroid dienone is 1. The minimum absolute atomic E-state index is 0.0910. The lowest BCUT2D eigenvalue weighted by molar-refractivity contribution is -0.113. The van der Waals surface area contributed by atoms with Crippen LogP contribution in [-0.2, 0) is 4.79 Å². The number of carbonyl (C=O) groups is 1. The average molecular weight is 484 g/mol. The van der Waals surface area contributed by atoms with Crippen molar-refractivity contribution in [3.05, 3.63) is 89.6 Å². The molecule has 0 fully saturated rings. The normalized spacial score (nSPS) is 14.6. The van der Waals surface area contributed by atoms with Crippen molar-refractivity contribution in [2.24, 2.45) is 0 Å². The molecule has 9 heteroatoms. The molecule has 9 nitrogen and oxygen atoms in total. The smallest absolute Gasteiger partial charge is 0.255 e. The molecule has 3 N–H and O–H groups in total. The first-order valence-corrected chi connectivity index (χ1v) is 11.3. The third-order valence-electron chi connectivity index (χ3n) is 5.96. The average Bonchev–Trinajstić information content (AvgIpc) is 3.31. The van der Waals surface area contributed by atoms with Gasteiger partial charge in [0.2, 0.25) is 5.95 Å². The van der Waals surface area contributed by atoms with Gasteiger partial charge in [-0.3, -0.25) is 4.79 Å². The van der Waals surface area contributed by atoms with Crippen LogP contribution in [0, 0.1) is 0 Å². The highest BCUT2D eigenvalue weighted by atomic mass is 16.5. The van der Waals surface area contributed by atoms with Crippen molar-refractivity contribution < 1.29 is 19.4 Å². The third-order valence-corrected chi connectivity index (χ3v) is 5.96. The zero-order valence-electron chi connectivity index (χ0n) is 20.0. The Kier molecular flexibility index (Phi) is 6.03. The number of ether oxygens (including phenoxy) is 2. The van der Waals surface area contributed by atoms with E-state index in [1.807, 2.05) is 49.4 Å². The van der Waals surface area contributed by atoms with Crippen molar-refractivity contribution in [2.45, 2.75) is 13.0 Å². The summed E-state index contributed by atoms with van der Waals surface area (Å²) in [7, 11) is 3.14. The minimum Gasteiger partial charge on any atom is -0.508 e. The predicted octanol–water partition coefficient (Wildman–Crippen LogP) is 4.60. The number of fused-ring (bicyclic) bond motifs is 1. The first-order chi connectivity index (χ1) is 17.5. The molecular formula is C27H25N5O4. The summed E-state index contributed by atoms with van der Waals surface area (Å²) in [6.07, 6.45) is 0. The minimum atomic E-state index is -0.626. The Hall–Kier alpha value is -4.79. The lowest BCUT2D eigenvalue weighted by Gasteiger charge is -2.28. The summed E-state index contributed by atoms with van der Waals surface area (Å²) >= 11 is 0. The van der Waals surface area contributed by atoms with Crippen LogP contribution in [0.1, 0.15) is 18.5 Å². The lowest BCUT2D eigenvalue weighted by atomic mass is 9.95. The van der Waals surface area contributed by atoms with Crippen LogP contribution in [0.4, 0.5) is 11.6 Å². The van der Waals surface area contributed by atoms with Gasteiger partial charge in [-0.15, -0.1) is 5.10 Å². The van der Waals surface area contributed by atoms with Crippen molar-refractivity contribution >= 4 is 17.5 Å². The number of benzene rings is 3. The van der Waals surface area contributed by atoms with Gasteiger partial charge in [-0.05, 0) is 55.0 Å². The molecule has 36 heavy (non-hydrogen) atoms. The van der Waals surface area contributed by atoms with E-state index in [2.05, 4.69) is 10.6 Å². The summed E-state index contributed by atoms with van der Waals surface area (Å²) < 4.78 is 12.4. The van der Waals surface area contributed by atoms with Gasteiger partial charge in [0.1, 0.15) is 11.8 Å². The van der Waals surface area contributed by atoms with Crippen molar-refractivity contribution in [3.8, 4) is 28.6 Å². The van der Waals surface area contributed by atoms with E-state index in [1.54, 1.807) is 49.2 Å². The molecule has 0 aliphatic carbocycles. The number of anilines is 2. The van der Waals surface area contributed by atoms with Crippen LogP contribution in [0.25, 0.3) is 11.4 Å². The summed E-state index contributed by atoms with van der Waals surface area (Å²) in [6.45, 7) is 1.82. The Morgan fingerprint density at radius 3 is 2.50 bits per heavy atom. The van der Waals surface area contributed by atoms with Crippen LogP contribution in [0.15, 0.2) is 84.1 Å². The van der Waals surface area contributed by atoms with Gasteiger partial charge in [0.05, 0.1) is 19.8 Å². The van der Waals surface area contributed by atoms with E-state index < -0.39 is 6.04 Å². The van der Waals surface area contributed by atoms with E-state index >= 15 is 0 Å². The maximum Gasteiger partial charge on any atom is 0.255 e. The van der Waals surface area contributed by atoms with Gasteiger partial charge in [-0.25, -0.2) is 4.68 Å². The first kappa shape index (κ1) is 23.0. The first-order valence-electron chi connectivity index (χ1n) is 11.3. The molecule has 3 aromatic carbocycles. The largest absolute Gasteiger partial charge is 0.508 e. The van der Waals surface area contributed by atoms with Crippen molar-refractivity contribution in [2.75, 3.05) is 24.9 Å². The monoisotopic (exact) mass is 483 g/mol. The molecule has 0 spiro atoms. The Balaban J connectivity index is 1.60. The topological polar surface area (TPSA) is 111 Å². The van der Waals surface area contributed by atoms with E-state index in [-0.39, 0.29) is 11.7 Å². The number of carbonyl (C=O) groups excluding carboxylic acids is 1. The Morgan fingerprint density at radius 2 is 1.78 bits per heavy atom. The SMILES string of the molecule is COc1ccc(-c2nc3n(n2)C(c2cccc(O)c2)C(C(=O)Nc2ccccc2)=C(C)N3)cc1OC. The van der Waals surface area contributed by atoms with Crippen molar-refractivity contribution in [1.29, 1.82) is 0 Å². The van der Waals surface area contributed by atoms with Crippen LogP contribution in [0.5, 0.6) is 17.2 Å². The van der Waals surface area contributed by atoms with Crippen molar-refractivity contribution in [1.82, 2.24) is 14.8 Å².